The molecule has 0 aliphatic carbocycles. The van der Waals surface area contributed by atoms with Crippen LogP contribution in [0, 0.1) is 5.82 Å². The summed E-state index contributed by atoms with van der Waals surface area (Å²) in [4.78, 5) is 12.2. The lowest BCUT2D eigenvalue weighted by Crippen LogP contribution is -2.03. The fourth-order valence-electron chi connectivity index (χ4n) is 1.23. The van der Waals surface area contributed by atoms with Crippen molar-refractivity contribution in [2.24, 2.45) is 0 Å². The highest BCUT2D eigenvalue weighted by molar-refractivity contribution is 7.98. The van der Waals surface area contributed by atoms with Gasteiger partial charge in [-0.05, 0) is 18.4 Å². The Morgan fingerprint density at radius 3 is 2.93 bits per heavy atom. The van der Waals surface area contributed by atoms with E-state index in [1.54, 1.807) is 6.26 Å². The molecule has 0 aliphatic heterocycles. The Bertz CT molecular complexity index is 533. The molecule has 0 unspecified atom stereocenters. The lowest BCUT2D eigenvalue weighted by molar-refractivity contribution is 0.577. The van der Waals surface area contributed by atoms with Crippen molar-refractivity contribution < 1.29 is 8.81 Å². The second-order valence-corrected chi connectivity index (χ2v) is 3.62. The van der Waals surface area contributed by atoms with Gasteiger partial charge < -0.3 is 4.42 Å². The van der Waals surface area contributed by atoms with Gasteiger partial charge in [0.05, 0.1) is 10.3 Å². The third kappa shape index (κ3) is 1.42. The number of thioether (sulfide) groups is 1. The number of fused-ring (bicyclic) bond motifs is 1. The number of benzene rings is 1. The van der Waals surface area contributed by atoms with Gasteiger partial charge in [-0.1, -0.05) is 0 Å². The van der Waals surface area contributed by atoms with Gasteiger partial charge in [-0.15, -0.1) is 11.8 Å². The molecule has 0 aliphatic rings. The summed E-state index contributed by atoms with van der Waals surface area (Å²) in [6.45, 7) is 0. The first kappa shape index (κ1) is 9.27. The fourth-order valence-corrected chi connectivity index (χ4v) is 1.67. The summed E-state index contributed by atoms with van der Waals surface area (Å²) in [5.74, 6) is -0.405. The van der Waals surface area contributed by atoms with Gasteiger partial charge in [0.2, 0.25) is 5.43 Å². The quantitative estimate of drug-likeness (QED) is 0.678. The van der Waals surface area contributed by atoms with Crippen molar-refractivity contribution in [1.29, 1.82) is 0 Å². The minimum atomic E-state index is -0.405. The van der Waals surface area contributed by atoms with Crippen LogP contribution < -0.4 is 5.43 Å². The predicted molar refractivity (Wildman–Crippen MR) is 54.2 cm³/mol. The van der Waals surface area contributed by atoms with Gasteiger partial charge in [0, 0.05) is 6.07 Å². The lowest BCUT2D eigenvalue weighted by Gasteiger charge is -1.98. The molecular formula is C10H7FO2S. The van der Waals surface area contributed by atoms with Crippen LogP contribution in [0.1, 0.15) is 0 Å². The largest absolute Gasteiger partial charge is 0.463 e. The van der Waals surface area contributed by atoms with Crippen LogP contribution in [0.4, 0.5) is 4.39 Å². The van der Waals surface area contributed by atoms with Crippen LogP contribution >= 0.6 is 11.8 Å². The normalized spacial score (nSPS) is 10.7. The SMILES string of the molecule is CSc1coc2cc(F)ccc2c1=O. The summed E-state index contributed by atoms with van der Waals surface area (Å²) in [5, 5.41) is 0.415. The van der Waals surface area contributed by atoms with Crippen LogP contribution in [0.15, 0.2) is 38.6 Å². The van der Waals surface area contributed by atoms with E-state index in [9.17, 15) is 9.18 Å². The molecule has 0 amide bonds. The van der Waals surface area contributed by atoms with Gasteiger partial charge in [-0.2, -0.15) is 0 Å². The van der Waals surface area contributed by atoms with E-state index in [4.69, 9.17) is 4.42 Å². The highest BCUT2D eigenvalue weighted by Gasteiger charge is 2.06. The summed E-state index contributed by atoms with van der Waals surface area (Å²) >= 11 is 1.31. The van der Waals surface area contributed by atoms with Crippen molar-refractivity contribution in [1.82, 2.24) is 0 Å². The van der Waals surface area contributed by atoms with Gasteiger partial charge in [0.1, 0.15) is 17.7 Å². The molecule has 0 saturated carbocycles. The lowest BCUT2D eigenvalue weighted by atomic mass is 10.2. The zero-order chi connectivity index (χ0) is 10.1. The molecule has 0 saturated heterocycles. The maximum Gasteiger partial charge on any atom is 0.206 e. The smallest absolute Gasteiger partial charge is 0.206 e. The van der Waals surface area contributed by atoms with E-state index in [1.165, 1.54) is 36.2 Å². The topological polar surface area (TPSA) is 30.2 Å². The Morgan fingerprint density at radius 2 is 2.21 bits per heavy atom. The molecule has 1 aromatic heterocycles. The summed E-state index contributed by atoms with van der Waals surface area (Å²) in [5.41, 5.74) is 0.173. The second-order valence-electron chi connectivity index (χ2n) is 2.77. The van der Waals surface area contributed by atoms with Crippen LogP contribution in [0.3, 0.4) is 0 Å². The van der Waals surface area contributed by atoms with E-state index < -0.39 is 5.82 Å². The van der Waals surface area contributed by atoms with E-state index in [0.717, 1.165) is 0 Å². The first-order chi connectivity index (χ1) is 6.72. The summed E-state index contributed by atoms with van der Waals surface area (Å²) in [6.07, 6.45) is 3.15. The van der Waals surface area contributed by atoms with E-state index in [-0.39, 0.29) is 11.0 Å². The average molecular weight is 210 g/mol. The average Bonchev–Trinajstić information content (AvgIpc) is 2.18. The summed E-state index contributed by atoms with van der Waals surface area (Å²) in [6, 6.07) is 3.90. The summed E-state index contributed by atoms with van der Waals surface area (Å²) in [7, 11) is 0. The minimum absolute atomic E-state index is 0.112. The van der Waals surface area contributed by atoms with E-state index in [2.05, 4.69) is 0 Å². The molecule has 1 heterocycles. The Labute approximate surface area is 83.7 Å². The third-order valence-electron chi connectivity index (χ3n) is 1.92. The molecule has 72 valence electrons. The molecule has 4 heteroatoms. The fraction of sp³-hybridized carbons (Fsp3) is 0.100. The zero-order valence-corrected chi connectivity index (χ0v) is 8.23. The van der Waals surface area contributed by atoms with Crippen molar-refractivity contribution in [2.45, 2.75) is 4.90 Å². The van der Waals surface area contributed by atoms with Gasteiger partial charge in [0.15, 0.2) is 0 Å². The van der Waals surface area contributed by atoms with Crippen LogP contribution in [0.5, 0.6) is 0 Å². The molecule has 0 radical (unpaired) electrons. The van der Waals surface area contributed by atoms with E-state index in [0.29, 0.717) is 10.3 Å². The first-order valence-corrected chi connectivity index (χ1v) is 5.20. The van der Waals surface area contributed by atoms with Crippen LogP contribution in [-0.2, 0) is 0 Å². The van der Waals surface area contributed by atoms with Gasteiger partial charge in [-0.25, -0.2) is 4.39 Å². The van der Waals surface area contributed by atoms with Gasteiger partial charge in [-0.3, -0.25) is 4.79 Å². The first-order valence-electron chi connectivity index (χ1n) is 3.97. The van der Waals surface area contributed by atoms with E-state index in [1.807, 2.05) is 0 Å². The highest BCUT2D eigenvalue weighted by atomic mass is 32.2. The number of halogens is 1. The molecule has 2 rings (SSSR count). The van der Waals surface area contributed by atoms with Crippen molar-refractivity contribution in [3.63, 3.8) is 0 Å². The van der Waals surface area contributed by atoms with Crippen LogP contribution in [0.25, 0.3) is 11.0 Å². The molecule has 0 atom stereocenters. The van der Waals surface area contributed by atoms with Crippen LogP contribution in [-0.4, -0.2) is 6.26 Å². The zero-order valence-electron chi connectivity index (χ0n) is 7.41. The van der Waals surface area contributed by atoms with Crippen LogP contribution in [0.2, 0.25) is 0 Å². The van der Waals surface area contributed by atoms with Gasteiger partial charge >= 0.3 is 0 Å². The van der Waals surface area contributed by atoms with Crippen molar-refractivity contribution in [3.8, 4) is 0 Å². The molecule has 2 aromatic rings. The molecular weight excluding hydrogens is 203 g/mol. The number of rotatable bonds is 1. The van der Waals surface area contributed by atoms with Gasteiger partial charge in [0.25, 0.3) is 0 Å². The van der Waals surface area contributed by atoms with E-state index >= 15 is 0 Å². The molecule has 0 N–H and O–H groups in total. The molecule has 0 fully saturated rings. The Hall–Kier alpha value is -1.29. The predicted octanol–water partition coefficient (Wildman–Crippen LogP) is 2.65. The van der Waals surface area contributed by atoms with Crippen molar-refractivity contribution in [2.75, 3.05) is 6.26 Å². The molecule has 14 heavy (non-hydrogen) atoms. The monoisotopic (exact) mass is 210 g/mol. The second kappa shape index (κ2) is 3.46. The Morgan fingerprint density at radius 1 is 1.43 bits per heavy atom. The maximum atomic E-state index is 12.8. The minimum Gasteiger partial charge on any atom is -0.463 e. The van der Waals surface area contributed by atoms with Crippen molar-refractivity contribution in [3.05, 3.63) is 40.5 Å². The Kier molecular flexibility index (Phi) is 2.29. The molecule has 0 bridgehead atoms. The maximum absolute atomic E-state index is 12.8. The standard InChI is InChI=1S/C10H7FO2S/c1-14-9-5-13-8-4-6(11)2-3-7(8)10(9)12/h2-5H,1H3. The molecule has 2 nitrogen and oxygen atoms in total. The molecule has 1 aromatic carbocycles. The highest BCUT2D eigenvalue weighted by Crippen LogP contribution is 2.17. The number of hydrogen-bond acceptors (Lipinski definition) is 3. The number of hydrogen-bond donors (Lipinski definition) is 0. The molecule has 0 spiro atoms. The van der Waals surface area contributed by atoms with Crippen molar-refractivity contribution >= 4 is 22.7 Å². The third-order valence-corrected chi connectivity index (χ3v) is 2.65. The Balaban J connectivity index is 2.84. The summed E-state index contributed by atoms with van der Waals surface area (Å²) < 4.78 is 17.9.